The first-order valence-corrected chi connectivity index (χ1v) is 9.17. The van der Waals surface area contributed by atoms with Gasteiger partial charge in [-0.3, -0.25) is 9.59 Å². The molecule has 0 spiro atoms. The lowest BCUT2D eigenvalue weighted by atomic mass is 10.0. The number of alkyl halides is 3. The van der Waals surface area contributed by atoms with Crippen LogP contribution in [0.25, 0.3) is 10.9 Å². The zero-order chi connectivity index (χ0) is 20.6. The number of carbonyl (C=O) groups is 2. The molecule has 29 heavy (non-hydrogen) atoms. The molecule has 1 fully saturated rings. The highest BCUT2D eigenvalue weighted by Crippen LogP contribution is 2.30. The third-order valence-corrected chi connectivity index (χ3v) is 5.12. The standard InChI is InChI=1S/C21H18F3N3O2/c22-21(23,24)20(29)27-11-9-26(10-12-27)17-8-4-7-15-16(13-25-18(15)17)19(28)14-5-2-1-3-6-14/h1-8,13,25H,9-12H2. The molecule has 0 aliphatic carbocycles. The zero-order valence-electron chi connectivity index (χ0n) is 15.4. The molecule has 8 heteroatoms. The number of nitrogens with one attached hydrogen (secondary N) is 1. The Balaban J connectivity index is 1.58. The smallest absolute Gasteiger partial charge is 0.366 e. The Labute approximate surface area is 164 Å². The highest BCUT2D eigenvalue weighted by molar-refractivity contribution is 6.17. The van der Waals surface area contributed by atoms with Crippen LogP contribution in [0.1, 0.15) is 15.9 Å². The average molecular weight is 401 g/mol. The number of para-hydroxylation sites is 1. The van der Waals surface area contributed by atoms with Gasteiger partial charge < -0.3 is 14.8 Å². The number of aromatic nitrogens is 1. The van der Waals surface area contributed by atoms with Crippen molar-refractivity contribution in [2.24, 2.45) is 0 Å². The SMILES string of the molecule is O=C(c1ccccc1)c1c[nH]c2c(N3CCN(C(=O)C(F)(F)F)CC3)cccc12. The lowest BCUT2D eigenvalue weighted by molar-refractivity contribution is -0.185. The average Bonchev–Trinajstić information content (AvgIpc) is 3.17. The predicted octanol–water partition coefficient (Wildman–Crippen LogP) is 3.61. The molecule has 5 nitrogen and oxygen atoms in total. The second-order valence-electron chi connectivity index (χ2n) is 6.87. The summed E-state index contributed by atoms with van der Waals surface area (Å²) in [5.74, 6) is -1.90. The van der Waals surface area contributed by atoms with Gasteiger partial charge in [-0.25, -0.2) is 0 Å². The van der Waals surface area contributed by atoms with Crippen molar-refractivity contribution in [3.8, 4) is 0 Å². The summed E-state index contributed by atoms with van der Waals surface area (Å²) in [6.07, 6.45) is -3.19. The van der Waals surface area contributed by atoms with Crippen molar-refractivity contribution >= 4 is 28.3 Å². The quantitative estimate of drug-likeness (QED) is 0.683. The minimum atomic E-state index is -4.85. The summed E-state index contributed by atoms with van der Waals surface area (Å²) >= 11 is 0. The van der Waals surface area contributed by atoms with Crippen LogP contribution in [-0.2, 0) is 4.79 Å². The molecule has 1 amide bonds. The van der Waals surface area contributed by atoms with Crippen molar-refractivity contribution in [2.45, 2.75) is 6.18 Å². The molecule has 1 aliphatic heterocycles. The van der Waals surface area contributed by atoms with Gasteiger partial charge in [0, 0.05) is 48.9 Å². The molecule has 1 aliphatic rings. The molecule has 0 saturated carbocycles. The molecule has 2 heterocycles. The van der Waals surface area contributed by atoms with Crippen LogP contribution in [0.4, 0.5) is 18.9 Å². The van der Waals surface area contributed by atoms with Crippen LogP contribution in [0.5, 0.6) is 0 Å². The lowest BCUT2D eigenvalue weighted by Gasteiger charge is -2.36. The van der Waals surface area contributed by atoms with Crippen LogP contribution in [-0.4, -0.2) is 53.9 Å². The van der Waals surface area contributed by atoms with E-state index in [0.29, 0.717) is 11.1 Å². The number of halogens is 3. The van der Waals surface area contributed by atoms with Gasteiger partial charge in [0.1, 0.15) is 0 Å². The highest BCUT2D eigenvalue weighted by Gasteiger charge is 2.43. The van der Waals surface area contributed by atoms with E-state index in [0.717, 1.165) is 21.5 Å². The number of fused-ring (bicyclic) bond motifs is 1. The normalized spacial score (nSPS) is 15.0. The van der Waals surface area contributed by atoms with Crippen molar-refractivity contribution in [1.29, 1.82) is 0 Å². The number of H-pyrrole nitrogens is 1. The van der Waals surface area contributed by atoms with Crippen LogP contribution in [0.3, 0.4) is 0 Å². The van der Waals surface area contributed by atoms with E-state index in [9.17, 15) is 22.8 Å². The molecule has 2 aromatic carbocycles. The molecule has 1 N–H and O–H groups in total. The summed E-state index contributed by atoms with van der Waals surface area (Å²) in [4.78, 5) is 30.2. The number of hydrogen-bond acceptors (Lipinski definition) is 3. The lowest BCUT2D eigenvalue weighted by Crippen LogP contribution is -2.52. The Hall–Kier alpha value is -3.29. The van der Waals surface area contributed by atoms with E-state index >= 15 is 0 Å². The number of rotatable bonds is 3. The molecule has 1 aromatic heterocycles. The van der Waals surface area contributed by atoms with Gasteiger partial charge in [-0.2, -0.15) is 13.2 Å². The summed E-state index contributed by atoms with van der Waals surface area (Å²) in [5, 5.41) is 0.755. The van der Waals surface area contributed by atoms with Crippen molar-refractivity contribution in [2.75, 3.05) is 31.1 Å². The topological polar surface area (TPSA) is 56.4 Å². The van der Waals surface area contributed by atoms with E-state index in [1.807, 2.05) is 29.2 Å². The Bertz CT molecular complexity index is 1050. The Kier molecular flexibility index (Phi) is 4.77. The Morgan fingerprint density at radius 3 is 2.24 bits per heavy atom. The third-order valence-electron chi connectivity index (χ3n) is 5.12. The van der Waals surface area contributed by atoms with E-state index < -0.39 is 12.1 Å². The van der Waals surface area contributed by atoms with Gasteiger partial charge in [0.25, 0.3) is 0 Å². The first kappa shape index (κ1) is 19.0. The van der Waals surface area contributed by atoms with Gasteiger partial charge in [-0.1, -0.05) is 42.5 Å². The number of piperazine rings is 1. The first-order valence-electron chi connectivity index (χ1n) is 9.17. The maximum atomic E-state index is 12.8. The largest absolute Gasteiger partial charge is 0.471 e. The summed E-state index contributed by atoms with van der Waals surface area (Å²) < 4.78 is 37.9. The summed E-state index contributed by atoms with van der Waals surface area (Å²) in [6.45, 7) is 0.542. The third kappa shape index (κ3) is 3.57. The van der Waals surface area contributed by atoms with Gasteiger partial charge in [0.05, 0.1) is 11.2 Å². The molecule has 0 radical (unpaired) electrons. The molecule has 150 valence electrons. The molecule has 1 saturated heterocycles. The predicted molar refractivity (Wildman–Crippen MR) is 103 cm³/mol. The fourth-order valence-corrected chi connectivity index (χ4v) is 3.66. The fraction of sp³-hybridized carbons (Fsp3) is 0.238. The number of aromatic amines is 1. The van der Waals surface area contributed by atoms with Crippen LogP contribution in [0.15, 0.2) is 54.7 Å². The zero-order valence-corrected chi connectivity index (χ0v) is 15.4. The molecule has 0 bridgehead atoms. The summed E-state index contributed by atoms with van der Waals surface area (Å²) in [7, 11) is 0. The van der Waals surface area contributed by atoms with E-state index in [1.165, 1.54) is 0 Å². The molecule has 3 aromatic rings. The Morgan fingerprint density at radius 2 is 1.59 bits per heavy atom. The monoisotopic (exact) mass is 401 g/mol. The van der Waals surface area contributed by atoms with Crippen molar-refractivity contribution in [1.82, 2.24) is 9.88 Å². The van der Waals surface area contributed by atoms with E-state index in [-0.39, 0.29) is 32.0 Å². The van der Waals surface area contributed by atoms with Gasteiger partial charge >= 0.3 is 12.1 Å². The van der Waals surface area contributed by atoms with Crippen LogP contribution in [0, 0.1) is 0 Å². The second-order valence-corrected chi connectivity index (χ2v) is 6.87. The maximum Gasteiger partial charge on any atom is 0.471 e. The van der Waals surface area contributed by atoms with Crippen LogP contribution >= 0.6 is 0 Å². The minimum absolute atomic E-state index is 0.00869. The first-order chi connectivity index (χ1) is 13.9. The number of carbonyl (C=O) groups excluding carboxylic acids is 2. The van der Waals surface area contributed by atoms with E-state index in [4.69, 9.17) is 0 Å². The maximum absolute atomic E-state index is 12.8. The molecule has 0 unspecified atom stereocenters. The second kappa shape index (κ2) is 7.27. The van der Waals surface area contributed by atoms with Crippen molar-refractivity contribution in [3.63, 3.8) is 0 Å². The summed E-state index contributed by atoms with van der Waals surface area (Å²) in [5.41, 5.74) is 2.67. The fourth-order valence-electron chi connectivity index (χ4n) is 3.66. The molecular weight excluding hydrogens is 383 g/mol. The molecule has 4 rings (SSSR count). The Morgan fingerprint density at radius 1 is 0.897 bits per heavy atom. The number of ketones is 1. The molecular formula is C21H18F3N3O2. The number of hydrogen-bond donors (Lipinski definition) is 1. The van der Waals surface area contributed by atoms with E-state index in [1.54, 1.807) is 30.5 Å². The van der Waals surface area contributed by atoms with Gasteiger partial charge in [-0.15, -0.1) is 0 Å². The number of anilines is 1. The van der Waals surface area contributed by atoms with Gasteiger partial charge in [0.15, 0.2) is 5.78 Å². The van der Waals surface area contributed by atoms with Crippen LogP contribution in [0.2, 0.25) is 0 Å². The molecule has 0 atom stereocenters. The van der Waals surface area contributed by atoms with Gasteiger partial charge in [-0.05, 0) is 6.07 Å². The highest BCUT2D eigenvalue weighted by atomic mass is 19.4. The van der Waals surface area contributed by atoms with Crippen molar-refractivity contribution in [3.05, 3.63) is 65.9 Å². The number of nitrogens with zero attached hydrogens (tertiary/aromatic N) is 2. The van der Waals surface area contributed by atoms with E-state index in [2.05, 4.69) is 4.98 Å². The van der Waals surface area contributed by atoms with Crippen molar-refractivity contribution < 1.29 is 22.8 Å². The minimum Gasteiger partial charge on any atom is -0.366 e. The number of benzene rings is 2. The van der Waals surface area contributed by atoms with Gasteiger partial charge in [0.2, 0.25) is 0 Å². The number of amides is 1. The van der Waals surface area contributed by atoms with Crippen LogP contribution < -0.4 is 4.90 Å². The summed E-state index contributed by atoms with van der Waals surface area (Å²) in [6, 6.07) is 14.5.